The summed E-state index contributed by atoms with van der Waals surface area (Å²) in [6.07, 6.45) is 1.35. The molecule has 1 aliphatic carbocycles. The highest BCUT2D eigenvalue weighted by Crippen LogP contribution is 2.38. The molecule has 0 heterocycles. The van der Waals surface area contributed by atoms with E-state index in [9.17, 15) is 9.59 Å². The van der Waals surface area contributed by atoms with Gasteiger partial charge in [-0.05, 0) is 32.6 Å². The van der Waals surface area contributed by atoms with Gasteiger partial charge in [-0.3, -0.25) is 9.59 Å². The monoisotopic (exact) mass is 274 g/mol. The lowest BCUT2D eigenvalue weighted by atomic mass is 9.91. The van der Waals surface area contributed by atoms with Crippen LogP contribution in [0.2, 0.25) is 0 Å². The van der Waals surface area contributed by atoms with Crippen molar-refractivity contribution in [3.05, 3.63) is 0 Å². The molecule has 0 spiro atoms. The molecular weight excluding hydrogens is 252 g/mol. The summed E-state index contributed by atoms with van der Waals surface area (Å²) >= 11 is 0. The first-order valence-electron chi connectivity index (χ1n) is 6.53. The zero-order valence-corrected chi connectivity index (χ0v) is 11.7. The number of esters is 1. The molecule has 2 unspecified atom stereocenters. The van der Waals surface area contributed by atoms with E-state index in [1.54, 1.807) is 0 Å². The van der Waals surface area contributed by atoms with Crippen LogP contribution in [0.3, 0.4) is 0 Å². The predicted molar refractivity (Wildman–Crippen MR) is 66.2 cm³/mol. The van der Waals surface area contributed by atoms with Gasteiger partial charge in [-0.25, -0.2) is 9.78 Å². The number of hydrogen-bond donors (Lipinski definition) is 1. The average Bonchev–Trinajstić information content (AvgIpc) is 3.12. The number of hydrogen-bond acceptors (Lipinski definition) is 5. The van der Waals surface area contributed by atoms with Gasteiger partial charge >= 0.3 is 11.9 Å². The van der Waals surface area contributed by atoms with E-state index in [0.29, 0.717) is 12.8 Å². The normalized spacial score (nSPS) is 22.1. The van der Waals surface area contributed by atoms with Crippen LogP contribution in [0.4, 0.5) is 0 Å². The fourth-order valence-electron chi connectivity index (χ4n) is 1.44. The molecular formula is C13H22O6. The number of rotatable bonds is 9. The van der Waals surface area contributed by atoms with Crippen LogP contribution in [0, 0.1) is 17.3 Å². The summed E-state index contributed by atoms with van der Waals surface area (Å²) in [6, 6.07) is 0. The maximum Gasteiger partial charge on any atom is 0.311 e. The van der Waals surface area contributed by atoms with Crippen molar-refractivity contribution in [3.8, 4) is 0 Å². The molecule has 1 aliphatic rings. The second kappa shape index (κ2) is 6.86. The van der Waals surface area contributed by atoms with E-state index in [2.05, 4.69) is 0 Å². The summed E-state index contributed by atoms with van der Waals surface area (Å²) in [6.45, 7) is 6.13. The summed E-state index contributed by atoms with van der Waals surface area (Å²) in [5.41, 5.74) is -0.483. The van der Waals surface area contributed by atoms with Gasteiger partial charge in [0.1, 0.15) is 13.2 Å². The Morgan fingerprint density at radius 3 is 2.47 bits per heavy atom. The van der Waals surface area contributed by atoms with Crippen molar-refractivity contribution in [1.82, 2.24) is 0 Å². The number of ether oxygens (including phenoxy) is 1. The molecule has 1 saturated carbocycles. The van der Waals surface area contributed by atoms with Gasteiger partial charge in [-0.1, -0.05) is 6.92 Å². The molecule has 110 valence electrons. The van der Waals surface area contributed by atoms with Crippen molar-refractivity contribution in [2.24, 2.45) is 17.3 Å². The van der Waals surface area contributed by atoms with Gasteiger partial charge in [0.15, 0.2) is 0 Å². The first-order valence-corrected chi connectivity index (χ1v) is 6.53. The van der Waals surface area contributed by atoms with Crippen LogP contribution in [0.1, 0.15) is 33.6 Å². The lowest BCUT2D eigenvalue weighted by Gasteiger charge is -2.20. The average molecular weight is 274 g/mol. The Kier molecular flexibility index (Phi) is 5.75. The summed E-state index contributed by atoms with van der Waals surface area (Å²) < 4.78 is 5.04. The molecule has 6 heteroatoms. The van der Waals surface area contributed by atoms with Crippen molar-refractivity contribution in [2.75, 3.05) is 19.8 Å². The zero-order valence-electron chi connectivity index (χ0n) is 11.7. The van der Waals surface area contributed by atoms with Gasteiger partial charge in [-0.2, -0.15) is 0 Å². The Morgan fingerprint density at radius 2 is 1.95 bits per heavy atom. The van der Waals surface area contributed by atoms with Gasteiger partial charge in [0.05, 0.1) is 17.9 Å². The van der Waals surface area contributed by atoms with Crippen LogP contribution in [0.5, 0.6) is 0 Å². The molecule has 0 bridgehead atoms. The molecule has 2 atom stereocenters. The van der Waals surface area contributed by atoms with E-state index in [-0.39, 0.29) is 37.6 Å². The van der Waals surface area contributed by atoms with Crippen molar-refractivity contribution < 1.29 is 29.2 Å². The van der Waals surface area contributed by atoms with E-state index in [0.717, 1.165) is 0 Å². The zero-order chi connectivity index (χ0) is 14.5. The minimum absolute atomic E-state index is 0.0408. The number of carbonyl (C=O) groups is 2. The first-order chi connectivity index (χ1) is 8.88. The highest BCUT2D eigenvalue weighted by Gasteiger charge is 2.43. The fraction of sp³-hybridized carbons (Fsp3) is 0.846. The highest BCUT2D eigenvalue weighted by molar-refractivity contribution is 5.75. The van der Waals surface area contributed by atoms with Gasteiger partial charge in [0.2, 0.25) is 0 Å². The van der Waals surface area contributed by atoms with Gasteiger partial charge in [0.25, 0.3) is 0 Å². The van der Waals surface area contributed by atoms with E-state index in [1.807, 2.05) is 20.8 Å². The molecule has 1 N–H and O–H groups in total. The van der Waals surface area contributed by atoms with E-state index >= 15 is 0 Å². The topological polar surface area (TPSA) is 82.1 Å². The summed E-state index contributed by atoms with van der Waals surface area (Å²) in [7, 11) is 0. The Hall–Kier alpha value is -1.14. The number of carbonyl (C=O) groups excluding carboxylic acids is 1. The lowest BCUT2D eigenvalue weighted by molar-refractivity contribution is -0.301. The Balaban J connectivity index is 1.98. The Labute approximate surface area is 112 Å². The van der Waals surface area contributed by atoms with Crippen LogP contribution in [0.15, 0.2) is 0 Å². The molecule has 0 amide bonds. The molecule has 0 aromatic heterocycles. The first kappa shape index (κ1) is 15.9. The molecule has 0 aromatic carbocycles. The third-order valence-corrected chi connectivity index (χ3v) is 3.44. The van der Waals surface area contributed by atoms with Crippen LogP contribution >= 0.6 is 0 Å². The minimum Gasteiger partial charge on any atom is -0.481 e. The molecule has 0 aliphatic heterocycles. The molecule has 19 heavy (non-hydrogen) atoms. The van der Waals surface area contributed by atoms with Gasteiger partial charge < -0.3 is 9.84 Å². The van der Waals surface area contributed by atoms with Gasteiger partial charge in [0, 0.05) is 0 Å². The van der Waals surface area contributed by atoms with E-state index in [1.165, 1.54) is 0 Å². The van der Waals surface area contributed by atoms with E-state index in [4.69, 9.17) is 19.6 Å². The molecule has 1 rings (SSSR count). The summed E-state index contributed by atoms with van der Waals surface area (Å²) in [5.74, 6) is -1.30. The standard InChI is InChI=1S/C13H22O6/c1-4-13(2,3)12(16)17-5-6-18-19-8-9-7-10(9)11(14)15/h9-10H,4-8H2,1-3H3,(H,14,15). The smallest absolute Gasteiger partial charge is 0.311 e. The summed E-state index contributed by atoms with van der Waals surface area (Å²) in [5, 5.41) is 8.67. The van der Waals surface area contributed by atoms with Crippen molar-refractivity contribution in [1.29, 1.82) is 0 Å². The second-order valence-corrected chi connectivity index (χ2v) is 5.42. The summed E-state index contributed by atoms with van der Waals surface area (Å²) in [4.78, 5) is 31.8. The van der Waals surface area contributed by atoms with E-state index < -0.39 is 11.4 Å². The Bertz CT molecular complexity index is 325. The third kappa shape index (κ3) is 5.16. The molecule has 6 nitrogen and oxygen atoms in total. The van der Waals surface area contributed by atoms with Crippen molar-refractivity contribution in [2.45, 2.75) is 33.6 Å². The number of carboxylic acids is 1. The predicted octanol–water partition coefficient (Wildman–Crippen LogP) is 1.63. The van der Waals surface area contributed by atoms with Crippen LogP contribution in [0.25, 0.3) is 0 Å². The van der Waals surface area contributed by atoms with Crippen LogP contribution in [-0.4, -0.2) is 36.9 Å². The van der Waals surface area contributed by atoms with Crippen LogP contribution < -0.4 is 0 Å². The van der Waals surface area contributed by atoms with Gasteiger partial charge in [-0.15, -0.1) is 0 Å². The molecule has 0 aromatic rings. The molecule has 0 radical (unpaired) electrons. The largest absolute Gasteiger partial charge is 0.481 e. The lowest BCUT2D eigenvalue weighted by Crippen LogP contribution is -2.27. The number of aliphatic carboxylic acids is 1. The third-order valence-electron chi connectivity index (χ3n) is 3.44. The molecule has 0 saturated heterocycles. The maximum atomic E-state index is 11.6. The van der Waals surface area contributed by atoms with Crippen molar-refractivity contribution >= 4 is 11.9 Å². The Morgan fingerprint density at radius 1 is 1.26 bits per heavy atom. The second-order valence-electron chi connectivity index (χ2n) is 5.42. The quantitative estimate of drug-likeness (QED) is 0.298. The molecule has 1 fully saturated rings. The van der Waals surface area contributed by atoms with Crippen LogP contribution in [-0.2, 0) is 24.1 Å². The SMILES string of the molecule is CCC(C)(C)C(=O)OCCOOCC1CC1C(=O)O. The fourth-order valence-corrected chi connectivity index (χ4v) is 1.44. The van der Waals surface area contributed by atoms with Crippen molar-refractivity contribution in [3.63, 3.8) is 0 Å². The highest BCUT2D eigenvalue weighted by atomic mass is 17.2. The maximum absolute atomic E-state index is 11.6. The minimum atomic E-state index is -0.788. The number of carboxylic acid groups (broad SMARTS) is 1.